The summed E-state index contributed by atoms with van der Waals surface area (Å²) < 4.78 is 1.37. The van der Waals surface area contributed by atoms with Gasteiger partial charge in [-0.25, -0.2) is 4.68 Å². The molecule has 94 valence electrons. The molecule has 7 nitrogen and oxygen atoms in total. The van der Waals surface area contributed by atoms with E-state index in [0.717, 1.165) is 17.7 Å². The second-order valence-corrected chi connectivity index (χ2v) is 3.85. The van der Waals surface area contributed by atoms with Crippen molar-refractivity contribution in [3.05, 3.63) is 36.2 Å². The number of anilines is 1. The molecule has 0 fully saturated rings. The number of nitrogen functional groups attached to an aromatic ring is 1. The average molecular weight is 246 g/mol. The van der Waals surface area contributed by atoms with Gasteiger partial charge in [-0.05, 0) is 34.5 Å². The van der Waals surface area contributed by atoms with Gasteiger partial charge in [0.15, 0.2) is 0 Å². The van der Waals surface area contributed by atoms with Crippen molar-refractivity contribution >= 4 is 11.6 Å². The lowest BCUT2D eigenvalue weighted by Crippen LogP contribution is -2.29. The van der Waals surface area contributed by atoms with Crippen molar-refractivity contribution in [1.82, 2.24) is 25.5 Å². The fraction of sp³-hybridized carbons (Fsp3) is 0.273. The monoisotopic (exact) mass is 246 g/mol. The molecule has 2 aromatic rings. The zero-order valence-corrected chi connectivity index (χ0v) is 9.78. The third kappa shape index (κ3) is 3.55. The first kappa shape index (κ1) is 12.0. The Balaban J connectivity index is 1.72. The summed E-state index contributed by atoms with van der Waals surface area (Å²) in [6, 6.07) is 7.59. The van der Waals surface area contributed by atoms with E-state index in [-0.39, 0.29) is 12.5 Å². The molecule has 18 heavy (non-hydrogen) atoms. The van der Waals surface area contributed by atoms with Crippen molar-refractivity contribution in [3.8, 4) is 0 Å². The van der Waals surface area contributed by atoms with Crippen LogP contribution in [0.4, 0.5) is 5.69 Å². The molecule has 0 aliphatic carbocycles. The number of nitrogens with zero attached hydrogens (tertiary/aromatic N) is 4. The van der Waals surface area contributed by atoms with E-state index in [1.165, 1.54) is 11.0 Å². The number of nitrogens with two attached hydrogens (primary N) is 1. The summed E-state index contributed by atoms with van der Waals surface area (Å²) in [5.41, 5.74) is 7.46. The van der Waals surface area contributed by atoms with Crippen LogP contribution in [0.25, 0.3) is 0 Å². The molecule has 0 aliphatic heterocycles. The van der Waals surface area contributed by atoms with Crippen LogP contribution in [-0.4, -0.2) is 32.7 Å². The van der Waals surface area contributed by atoms with E-state index in [4.69, 9.17) is 5.73 Å². The van der Waals surface area contributed by atoms with Gasteiger partial charge in [-0.3, -0.25) is 4.79 Å². The van der Waals surface area contributed by atoms with Gasteiger partial charge in [-0.2, -0.15) is 0 Å². The maximum Gasteiger partial charge on any atom is 0.241 e. The predicted molar refractivity (Wildman–Crippen MR) is 65.4 cm³/mol. The molecule has 0 atom stereocenters. The van der Waals surface area contributed by atoms with E-state index in [9.17, 15) is 4.79 Å². The molecule has 7 heteroatoms. The van der Waals surface area contributed by atoms with Crippen LogP contribution >= 0.6 is 0 Å². The van der Waals surface area contributed by atoms with E-state index in [0.29, 0.717) is 6.54 Å². The van der Waals surface area contributed by atoms with Crippen LogP contribution in [0.5, 0.6) is 0 Å². The highest BCUT2D eigenvalue weighted by Crippen LogP contribution is 2.05. The van der Waals surface area contributed by atoms with Crippen molar-refractivity contribution in [2.75, 3.05) is 12.3 Å². The number of hydrogen-bond acceptors (Lipinski definition) is 5. The van der Waals surface area contributed by atoms with E-state index in [2.05, 4.69) is 20.8 Å². The molecule has 1 amide bonds. The molecule has 0 radical (unpaired) electrons. The third-order valence-electron chi connectivity index (χ3n) is 2.41. The molecule has 0 saturated heterocycles. The topological polar surface area (TPSA) is 98.7 Å². The molecule has 3 N–H and O–H groups in total. The quantitative estimate of drug-likeness (QED) is 0.700. The summed E-state index contributed by atoms with van der Waals surface area (Å²) in [4.78, 5) is 11.5. The Morgan fingerprint density at radius 2 is 2.11 bits per heavy atom. The molecule has 1 aromatic carbocycles. The lowest BCUT2D eigenvalue weighted by Gasteiger charge is -2.05. The lowest BCUT2D eigenvalue weighted by atomic mass is 10.1. The Bertz CT molecular complexity index is 493. The molecule has 1 aromatic heterocycles. The first-order valence-electron chi connectivity index (χ1n) is 5.56. The number of benzene rings is 1. The van der Waals surface area contributed by atoms with Gasteiger partial charge in [0, 0.05) is 12.2 Å². The Morgan fingerprint density at radius 1 is 1.33 bits per heavy atom. The molecule has 0 unspecified atom stereocenters. The molecule has 2 rings (SSSR count). The molecule has 1 heterocycles. The largest absolute Gasteiger partial charge is 0.399 e. The second kappa shape index (κ2) is 5.76. The first-order valence-corrected chi connectivity index (χ1v) is 5.56. The minimum Gasteiger partial charge on any atom is -0.399 e. The SMILES string of the molecule is Nc1ccc(CCNC(=O)Cn2cnnn2)cc1. The van der Waals surface area contributed by atoms with Gasteiger partial charge in [0.05, 0.1) is 0 Å². The normalized spacial score (nSPS) is 10.2. The van der Waals surface area contributed by atoms with Gasteiger partial charge in [0.2, 0.25) is 5.91 Å². The van der Waals surface area contributed by atoms with Crippen LogP contribution in [0.2, 0.25) is 0 Å². The van der Waals surface area contributed by atoms with Gasteiger partial charge in [-0.1, -0.05) is 12.1 Å². The number of rotatable bonds is 5. The summed E-state index contributed by atoms with van der Waals surface area (Å²) >= 11 is 0. The van der Waals surface area contributed by atoms with E-state index in [1.807, 2.05) is 24.3 Å². The lowest BCUT2D eigenvalue weighted by molar-refractivity contribution is -0.121. The van der Waals surface area contributed by atoms with Gasteiger partial charge in [0.25, 0.3) is 0 Å². The van der Waals surface area contributed by atoms with Crippen LogP contribution in [0.15, 0.2) is 30.6 Å². The van der Waals surface area contributed by atoms with Gasteiger partial charge in [-0.15, -0.1) is 5.10 Å². The number of carbonyl (C=O) groups excluding carboxylic acids is 1. The highest BCUT2D eigenvalue weighted by molar-refractivity contribution is 5.75. The number of tetrazole rings is 1. The first-order chi connectivity index (χ1) is 8.74. The van der Waals surface area contributed by atoms with Crippen LogP contribution in [-0.2, 0) is 17.8 Å². The molecular weight excluding hydrogens is 232 g/mol. The van der Waals surface area contributed by atoms with Gasteiger partial charge in [0.1, 0.15) is 12.9 Å². The van der Waals surface area contributed by atoms with Crippen molar-refractivity contribution in [2.24, 2.45) is 0 Å². The Labute approximate surface area is 104 Å². The fourth-order valence-electron chi connectivity index (χ4n) is 1.49. The number of aromatic nitrogens is 4. The zero-order chi connectivity index (χ0) is 12.8. The van der Waals surface area contributed by atoms with Crippen LogP contribution in [0.1, 0.15) is 5.56 Å². The Morgan fingerprint density at radius 3 is 2.78 bits per heavy atom. The number of carbonyl (C=O) groups is 1. The van der Waals surface area contributed by atoms with Crippen LogP contribution in [0.3, 0.4) is 0 Å². The summed E-state index contributed by atoms with van der Waals surface area (Å²) in [5, 5.41) is 13.3. The van der Waals surface area contributed by atoms with Crippen LogP contribution < -0.4 is 11.1 Å². The maximum absolute atomic E-state index is 11.5. The standard InChI is InChI=1S/C11H14N6O/c12-10-3-1-9(2-4-10)5-6-13-11(18)7-17-8-14-15-16-17/h1-4,8H,5-7,12H2,(H,13,18). The number of amides is 1. The molecule has 0 aliphatic rings. The van der Waals surface area contributed by atoms with Crippen molar-refractivity contribution in [2.45, 2.75) is 13.0 Å². The van der Waals surface area contributed by atoms with E-state index >= 15 is 0 Å². The van der Waals surface area contributed by atoms with Crippen molar-refractivity contribution < 1.29 is 4.79 Å². The van der Waals surface area contributed by atoms with Crippen LogP contribution in [0, 0.1) is 0 Å². The summed E-state index contributed by atoms with van der Waals surface area (Å²) in [6.07, 6.45) is 2.17. The summed E-state index contributed by atoms with van der Waals surface area (Å²) in [6.45, 7) is 0.708. The predicted octanol–water partition coefficient (Wildman–Crippen LogP) is -0.386. The molecular formula is C11H14N6O. The molecule has 0 spiro atoms. The third-order valence-corrected chi connectivity index (χ3v) is 2.41. The van der Waals surface area contributed by atoms with E-state index in [1.54, 1.807) is 0 Å². The number of hydrogen-bond donors (Lipinski definition) is 2. The van der Waals surface area contributed by atoms with E-state index < -0.39 is 0 Å². The minimum atomic E-state index is -0.113. The second-order valence-electron chi connectivity index (χ2n) is 3.85. The number of nitrogens with one attached hydrogen (secondary N) is 1. The van der Waals surface area contributed by atoms with Crippen molar-refractivity contribution in [1.29, 1.82) is 0 Å². The van der Waals surface area contributed by atoms with Crippen molar-refractivity contribution in [3.63, 3.8) is 0 Å². The average Bonchev–Trinajstić information content (AvgIpc) is 2.84. The Hall–Kier alpha value is -2.44. The molecule has 0 bridgehead atoms. The smallest absolute Gasteiger partial charge is 0.241 e. The van der Waals surface area contributed by atoms with Gasteiger partial charge >= 0.3 is 0 Å². The van der Waals surface area contributed by atoms with Gasteiger partial charge < -0.3 is 11.1 Å². The summed E-state index contributed by atoms with van der Waals surface area (Å²) in [5.74, 6) is -0.113. The molecule has 0 saturated carbocycles. The Kier molecular flexibility index (Phi) is 3.85. The maximum atomic E-state index is 11.5. The zero-order valence-electron chi connectivity index (χ0n) is 9.78. The minimum absolute atomic E-state index is 0.113. The summed E-state index contributed by atoms with van der Waals surface area (Å²) in [7, 11) is 0. The highest BCUT2D eigenvalue weighted by atomic mass is 16.2. The fourth-order valence-corrected chi connectivity index (χ4v) is 1.49. The highest BCUT2D eigenvalue weighted by Gasteiger charge is 2.02.